The summed E-state index contributed by atoms with van der Waals surface area (Å²) in [6.07, 6.45) is 2.49. The normalized spacial score (nSPS) is 6.55. The fourth-order valence-corrected chi connectivity index (χ4v) is 0.160. The molecule has 0 unspecified atom stereocenters. The lowest BCUT2D eigenvalue weighted by atomic mass is 10.6. The molecular weight excluding hydrogens is 146 g/mol. The molecule has 5 nitrogen and oxygen atoms in total. The van der Waals surface area contributed by atoms with Crippen molar-refractivity contribution in [3.63, 3.8) is 0 Å². The number of amides is 3. The number of nitrogens with one attached hydrogen (secondary N) is 1. The molecule has 5 N–H and O–H groups in total. The van der Waals surface area contributed by atoms with Crippen molar-refractivity contribution in [2.45, 2.75) is 0 Å². The van der Waals surface area contributed by atoms with E-state index in [1.165, 1.54) is 12.3 Å². The highest BCUT2D eigenvalue weighted by Crippen LogP contribution is 1.61. The van der Waals surface area contributed by atoms with Gasteiger partial charge in [-0.2, -0.15) is 0 Å². The SMILES string of the molecule is C=CNC(=O)C=C.NC(N)=O. The lowest BCUT2D eigenvalue weighted by molar-refractivity contribution is -0.115. The van der Waals surface area contributed by atoms with Crippen molar-refractivity contribution in [1.29, 1.82) is 0 Å². The van der Waals surface area contributed by atoms with E-state index in [-0.39, 0.29) is 5.91 Å². The second-order valence-electron chi connectivity index (χ2n) is 1.32. The molecule has 0 aromatic rings. The van der Waals surface area contributed by atoms with Crippen LogP contribution in [0.3, 0.4) is 0 Å². The lowest BCUT2D eigenvalue weighted by Crippen LogP contribution is -2.18. The van der Waals surface area contributed by atoms with Gasteiger partial charge in [0.25, 0.3) is 0 Å². The predicted molar refractivity (Wildman–Crippen MR) is 42.3 cm³/mol. The fraction of sp³-hybridized carbons (Fsp3) is 0. The van der Waals surface area contributed by atoms with Crippen molar-refractivity contribution in [2.24, 2.45) is 11.5 Å². The minimum Gasteiger partial charge on any atom is -0.352 e. The molecule has 0 aliphatic rings. The maximum atomic E-state index is 10.1. The number of hydrogen-bond acceptors (Lipinski definition) is 2. The maximum absolute atomic E-state index is 10.1. The van der Waals surface area contributed by atoms with Gasteiger partial charge in [0, 0.05) is 0 Å². The minimum absolute atomic E-state index is 0.227. The number of hydrogen-bond donors (Lipinski definition) is 3. The van der Waals surface area contributed by atoms with E-state index in [1.54, 1.807) is 0 Å². The number of nitrogens with two attached hydrogens (primary N) is 2. The molecule has 0 aromatic carbocycles. The van der Waals surface area contributed by atoms with Gasteiger partial charge in [0.05, 0.1) is 0 Å². The van der Waals surface area contributed by atoms with Crippen molar-refractivity contribution >= 4 is 11.9 Å². The van der Waals surface area contributed by atoms with Crippen LogP contribution in [0.5, 0.6) is 0 Å². The first-order valence-electron chi connectivity index (χ1n) is 2.63. The van der Waals surface area contributed by atoms with Crippen LogP contribution in [0, 0.1) is 0 Å². The summed E-state index contributed by atoms with van der Waals surface area (Å²) in [5, 5.41) is 2.30. The molecule has 0 heterocycles. The van der Waals surface area contributed by atoms with E-state index in [2.05, 4.69) is 29.9 Å². The molecule has 0 saturated carbocycles. The Bertz CT molecular complexity index is 161. The topological polar surface area (TPSA) is 98.2 Å². The number of carbonyl (C=O) groups is 2. The molecule has 0 fully saturated rings. The third-order valence-electron chi connectivity index (χ3n) is 0.430. The second-order valence-corrected chi connectivity index (χ2v) is 1.32. The van der Waals surface area contributed by atoms with Gasteiger partial charge in [-0.1, -0.05) is 13.2 Å². The van der Waals surface area contributed by atoms with Crippen molar-refractivity contribution in [3.05, 3.63) is 25.4 Å². The Labute approximate surface area is 64.7 Å². The Morgan fingerprint density at radius 1 is 1.27 bits per heavy atom. The first-order valence-corrected chi connectivity index (χ1v) is 2.63. The zero-order valence-corrected chi connectivity index (χ0v) is 6.04. The summed E-state index contributed by atoms with van der Waals surface area (Å²) < 4.78 is 0. The Morgan fingerprint density at radius 3 is 1.73 bits per heavy atom. The van der Waals surface area contributed by atoms with Gasteiger partial charge in [-0.15, -0.1) is 0 Å². The van der Waals surface area contributed by atoms with Crippen LogP contribution in [0.15, 0.2) is 25.4 Å². The lowest BCUT2D eigenvalue weighted by Gasteiger charge is -1.85. The molecule has 0 rings (SSSR count). The maximum Gasteiger partial charge on any atom is 0.309 e. The molecule has 0 spiro atoms. The average Bonchev–Trinajstić information content (AvgIpc) is 1.87. The molecule has 0 aromatic heterocycles. The smallest absolute Gasteiger partial charge is 0.309 e. The zero-order valence-electron chi connectivity index (χ0n) is 6.04. The first kappa shape index (κ1) is 12.0. The third-order valence-corrected chi connectivity index (χ3v) is 0.430. The monoisotopic (exact) mass is 157 g/mol. The second kappa shape index (κ2) is 8.22. The highest BCUT2D eigenvalue weighted by Gasteiger charge is 1.81. The van der Waals surface area contributed by atoms with Crippen molar-refractivity contribution < 1.29 is 9.59 Å². The molecule has 0 saturated heterocycles. The van der Waals surface area contributed by atoms with Gasteiger partial charge in [-0.25, -0.2) is 4.79 Å². The number of urea groups is 1. The van der Waals surface area contributed by atoms with Crippen LogP contribution in [-0.4, -0.2) is 11.9 Å². The van der Waals surface area contributed by atoms with E-state index < -0.39 is 6.03 Å². The number of primary amides is 2. The van der Waals surface area contributed by atoms with Crippen LogP contribution in [0.2, 0.25) is 0 Å². The summed E-state index contributed by atoms with van der Waals surface area (Å²) in [4.78, 5) is 19.1. The third kappa shape index (κ3) is 30.7. The summed E-state index contributed by atoms with van der Waals surface area (Å²) in [5.41, 5.74) is 8.50. The molecule has 62 valence electrons. The molecule has 0 aliphatic heterocycles. The molecule has 0 bridgehead atoms. The molecule has 3 amide bonds. The molecule has 0 radical (unpaired) electrons. The average molecular weight is 157 g/mol. The van der Waals surface area contributed by atoms with Gasteiger partial charge in [-0.3, -0.25) is 4.79 Å². The zero-order chi connectivity index (χ0) is 9.28. The number of carbonyl (C=O) groups excluding carboxylic acids is 2. The van der Waals surface area contributed by atoms with Gasteiger partial charge in [0.15, 0.2) is 0 Å². The highest BCUT2D eigenvalue weighted by atomic mass is 16.2. The Hall–Kier alpha value is -1.78. The number of rotatable bonds is 2. The minimum atomic E-state index is -0.833. The van der Waals surface area contributed by atoms with E-state index in [0.717, 1.165) is 0 Å². The van der Waals surface area contributed by atoms with Crippen molar-refractivity contribution in [1.82, 2.24) is 5.32 Å². The van der Waals surface area contributed by atoms with E-state index in [4.69, 9.17) is 4.79 Å². The van der Waals surface area contributed by atoms with Crippen LogP contribution >= 0.6 is 0 Å². The van der Waals surface area contributed by atoms with Crippen LogP contribution < -0.4 is 16.8 Å². The van der Waals surface area contributed by atoms with Gasteiger partial charge >= 0.3 is 6.03 Å². The molecule has 11 heavy (non-hydrogen) atoms. The predicted octanol–water partition coefficient (Wildman–Crippen LogP) is -0.544. The van der Waals surface area contributed by atoms with Crippen molar-refractivity contribution in [3.8, 4) is 0 Å². The standard InChI is InChI=1S/C5H7NO.CH4N2O/c1-3-5(7)6-4-2;2-1(3)4/h3-4H,1-2H2,(H,6,7);(H4,2,3,4). The van der Waals surface area contributed by atoms with Gasteiger partial charge in [0.1, 0.15) is 0 Å². The first-order chi connectivity index (χ1) is 5.04. The van der Waals surface area contributed by atoms with Crippen LogP contribution in [0.4, 0.5) is 4.79 Å². The van der Waals surface area contributed by atoms with Crippen molar-refractivity contribution in [2.75, 3.05) is 0 Å². The summed E-state index contributed by atoms with van der Waals surface area (Å²) in [5.74, 6) is -0.227. The summed E-state index contributed by atoms with van der Waals surface area (Å²) in [6, 6.07) is -0.833. The largest absolute Gasteiger partial charge is 0.352 e. The molecule has 5 heteroatoms. The van der Waals surface area contributed by atoms with Crippen LogP contribution in [0.25, 0.3) is 0 Å². The van der Waals surface area contributed by atoms with E-state index in [0.29, 0.717) is 0 Å². The summed E-state index contributed by atoms with van der Waals surface area (Å²) in [7, 11) is 0. The summed E-state index contributed by atoms with van der Waals surface area (Å²) in [6.45, 7) is 6.49. The van der Waals surface area contributed by atoms with E-state index in [9.17, 15) is 4.79 Å². The Morgan fingerprint density at radius 2 is 1.64 bits per heavy atom. The quantitative estimate of drug-likeness (QED) is 0.469. The van der Waals surface area contributed by atoms with Gasteiger partial charge in [0.2, 0.25) is 5.91 Å². The van der Waals surface area contributed by atoms with E-state index in [1.807, 2.05) is 0 Å². The van der Waals surface area contributed by atoms with E-state index >= 15 is 0 Å². The molecule has 0 atom stereocenters. The van der Waals surface area contributed by atoms with Crippen LogP contribution in [0.1, 0.15) is 0 Å². The van der Waals surface area contributed by atoms with Crippen LogP contribution in [-0.2, 0) is 4.79 Å². The summed E-state index contributed by atoms with van der Waals surface area (Å²) >= 11 is 0. The highest BCUT2D eigenvalue weighted by molar-refractivity contribution is 5.87. The molecular formula is C6H11N3O2. The van der Waals surface area contributed by atoms with Gasteiger partial charge < -0.3 is 16.8 Å². The Balaban J connectivity index is 0. The Kier molecular flexibility index (Phi) is 8.93. The molecule has 0 aliphatic carbocycles. The van der Waals surface area contributed by atoms with Gasteiger partial charge in [-0.05, 0) is 12.3 Å². The fourth-order valence-electron chi connectivity index (χ4n) is 0.160.